The molecule has 1 N–H and O–H groups in total. The summed E-state index contributed by atoms with van der Waals surface area (Å²) in [7, 11) is 0. The number of amides is 1. The number of thiazole rings is 1. The first kappa shape index (κ1) is 16.7. The van der Waals surface area contributed by atoms with E-state index in [4.69, 9.17) is 5.26 Å². The monoisotopic (exact) mass is 339 g/mol. The van der Waals surface area contributed by atoms with E-state index in [2.05, 4.69) is 23.3 Å². The van der Waals surface area contributed by atoms with Crippen molar-refractivity contribution >= 4 is 22.4 Å². The lowest BCUT2D eigenvalue weighted by atomic mass is 9.93. The van der Waals surface area contributed by atoms with Crippen molar-refractivity contribution in [1.29, 1.82) is 5.26 Å². The zero-order valence-electron chi connectivity index (χ0n) is 13.7. The molecular weight excluding hydrogens is 318 g/mol. The summed E-state index contributed by atoms with van der Waals surface area (Å²) in [6, 6.07) is 12.3. The lowest BCUT2D eigenvalue weighted by molar-refractivity contribution is -0.119. The number of nitrogens with one attached hydrogen (secondary N) is 1. The number of hydrogen-bond donors (Lipinski definition) is 1. The van der Waals surface area contributed by atoms with Gasteiger partial charge in [0.1, 0.15) is 0 Å². The molecule has 5 heteroatoms. The van der Waals surface area contributed by atoms with E-state index in [-0.39, 0.29) is 11.8 Å². The van der Waals surface area contributed by atoms with Crippen LogP contribution in [0.5, 0.6) is 0 Å². The molecule has 24 heavy (non-hydrogen) atoms. The fourth-order valence-corrected chi connectivity index (χ4v) is 4.30. The predicted octanol–water partition coefficient (Wildman–Crippen LogP) is 4.71. The van der Waals surface area contributed by atoms with E-state index in [0.717, 1.165) is 29.7 Å². The molecule has 1 fully saturated rings. The van der Waals surface area contributed by atoms with E-state index in [1.165, 1.54) is 11.3 Å². The standard InChI is InChI=1S/C19H21N3OS/c1-13-10-16(11-15(13)8-5-9-20)18(23)22-19-21-12-17(24-19)14-6-3-2-4-7-14/h2-4,6-7,12-13,15-16H,5,8,10-11H2,1H3,(H,21,22,23)/t13?,15-,16?/m0/s1. The van der Waals surface area contributed by atoms with E-state index in [0.29, 0.717) is 23.4 Å². The molecule has 4 nitrogen and oxygen atoms in total. The Balaban J connectivity index is 1.60. The van der Waals surface area contributed by atoms with Crippen LogP contribution in [0.25, 0.3) is 10.4 Å². The van der Waals surface area contributed by atoms with Crippen molar-refractivity contribution in [3.05, 3.63) is 36.5 Å². The lowest BCUT2D eigenvalue weighted by Gasteiger charge is -2.11. The Morgan fingerprint density at radius 3 is 2.92 bits per heavy atom. The van der Waals surface area contributed by atoms with Gasteiger partial charge in [-0.25, -0.2) is 4.98 Å². The van der Waals surface area contributed by atoms with Crippen molar-refractivity contribution in [2.24, 2.45) is 17.8 Å². The summed E-state index contributed by atoms with van der Waals surface area (Å²) in [5, 5.41) is 12.4. The molecule has 2 unspecified atom stereocenters. The van der Waals surface area contributed by atoms with Crippen LogP contribution >= 0.6 is 11.3 Å². The predicted molar refractivity (Wildman–Crippen MR) is 96.4 cm³/mol. The SMILES string of the molecule is CC1CC(C(=O)Nc2ncc(-c3ccccc3)s2)C[C@@H]1CCC#N. The van der Waals surface area contributed by atoms with Gasteiger partial charge in [0.05, 0.1) is 10.9 Å². The van der Waals surface area contributed by atoms with E-state index < -0.39 is 0 Å². The Morgan fingerprint density at radius 2 is 2.17 bits per heavy atom. The van der Waals surface area contributed by atoms with Gasteiger partial charge in [0.25, 0.3) is 0 Å². The molecule has 1 amide bonds. The number of nitriles is 1. The molecule has 1 saturated carbocycles. The third kappa shape index (κ3) is 3.82. The van der Waals surface area contributed by atoms with Gasteiger partial charge in [0, 0.05) is 18.5 Å². The number of benzene rings is 1. The Labute approximate surface area is 146 Å². The highest BCUT2D eigenvalue weighted by Crippen LogP contribution is 2.39. The first-order valence-corrected chi connectivity index (χ1v) is 9.18. The maximum atomic E-state index is 12.5. The second-order valence-corrected chi connectivity index (χ2v) is 7.52. The van der Waals surface area contributed by atoms with Crippen molar-refractivity contribution in [2.75, 3.05) is 5.32 Å². The molecule has 1 heterocycles. The highest BCUT2D eigenvalue weighted by atomic mass is 32.1. The largest absolute Gasteiger partial charge is 0.302 e. The number of anilines is 1. The highest BCUT2D eigenvalue weighted by molar-refractivity contribution is 7.19. The third-order valence-electron chi connectivity index (χ3n) is 4.84. The normalized spacial score (nSPS) is 22.9. The summed E-state index contributed by atoms with van der Waals surface area (Å²) in [4.78, 5) is 17.9. The topological polar surface area (TPSA) is 65.8 Å². The maximum absolute atomic E-state index is 12.5. The van der Waals surface area contributed by atoms with E-state index in [1.807, 2.05) is 36.5 Å². The molecule has 2 aromatic rings. The zero-order valence-corrected chi connectivity index (χ0v) is 14.6. The van der Waals surface area contributed by atoms with Gasteiger partial charge in [-0.2, -0.15) is 5.26 Å². The molecule has 1 aromatic carbocycles. The average molecular weight is 339 g/mol. The molecule has 0 saturated heterocycles. The fourth-order valence-electron chi connectivity index (χ4n) is 3.48. The second kappa shape index (κ2) is 7.59. The van der Waals surface area contributed by atoms with E-state index in [9.17, 15) is 4.79 Å². The third-order valence-corrected chi connectivity index (χ3v) is 5.80. The van der Waals surface area contributed by atoms with Gasteiger partial charge >= 0.3 is 0 Å². The molecule has 1 aliphatic rings. The first-order valence-electron chi connectivity index (χ1n) is 8.36. The van der Waals surface area contributed by atoms with Crippen LogP contribution < -0.4 is 5.32 Å². The average Bonchev–Trinajstić information content (AvgIpc) is 3.20. The van der Waals surface area contributed by atoms with Crippen LogP contribution in [0, 0.1) is 29.1 Å². The van der Waals surface area contributed by atoms with E-state index in [1.54, 1.807) is 0 Å². The van der Waals surface area contributed by atoms with Crippen molar-refractivity contribution in [3.63, 3.8) is 0 Å². The molecule has 0 aliphatic heterocycles. The van der Waals surface area contributed by atoms with Gasteiger partial charge in [0.15, 0.2) is 5.13 Å². The second-order valence-electron chi connectivity index (χ2n) is 6.49. The Kier molecular flexibility index (Phi) is 5.27. The highest BCUT2D eigenvalue weighted by Gasteiger charge is 2.35. The Bertz CT molecular complexity index is 735. The Morgan fingerprint density at radius 1 is 1.38 bits per heavy atom. The molecule has 0 bridgehead atoms. The minimum atomic E-state index is 0.0350. The van der Waals surface area contributed by atoms with Gasteiger partial charge in [-0.3, -0.25) is 4.79 Å². The smallest absolute Gasteiger partial charge is 0.229 e. The minimum Gasteiger partial charge on any atom is -0.302 e. The van der Waals surface area contributed by atoms with Gasteiger partial charge in [-0.1, -0.05) is 48.6 Å². The molecule has 3 rings (SSSR count). The van der Waals surface area contributed by atoms with Gasteiger partial charge in [-0.15, -0.1) is 0 Å². The molecule has 1 aromatic heterocycles. The molecule has 124 valence electrons. The zero-order chi connectivity index (χ0) is 16.9. The number of hydrogen-bond acceptors (Lipinski definition) is 4. The fraction of sp³-hybridized carbons (Fsp3) is 0.421. The summed E-state index contributed by atoms with van der Waals surface area (Å²) in [5.74, 6) is 1.09. The van der Waals surface area contributed by atoms with Crippen molar-refractivity contribution in [2.45, 2.75) is 32.6 Å². The number of carbonyl (C=O) groups is 1. The summed E-state index contributed by atoms with van der Waals surface area (Å²) in [6.45, 7) is 2.19. The van der Waals surface area contributed by atoms with Crippen LogP contribution in [0.15, 0.2) is 36.5 Å². The van der Waals surface area contributed by atoms with Crippen molar-refractivity contribution < 1.29 is 4.79 Å². The van der Waals surface area contributed by atoms with Crippen LogP contribution in [-0.2, 0) is 4.79 Å². The number of rotatable bonds is 5. The summed E-state index contributed by atoms with van der Waals surface area (Å²) in [6.07, 6.45) is 5.07. The summed E-state index contributed by atoms with van der Waals surface area (Å²) in [5.41, 5.74) is 1.11. The van der Waals surface area contributed by atoms with Crippen molar-refractivity contribution in [1.82, 2.24) is 4.98 Å². The van der Waals surface area contributed by atoms with Crippen LogP contribution in [0.2, 0.25) is 0 Å². The quantitative estimate of drug-likeness (QED) is 0.857. The van der Waals surface area contributed by atoms with Gasteiger partial charge < -0.3 is 5.32 Å². The lowest BCUT2D eigenvalue weighted by Crippen LogP contribution is -2.20. The summed E-state index contributed by atoms with van der Waals surface area (Å²) < 4.78 is 0. The molecule has 3 atom stereocenters. The number of carbonyl (C=O) groups excluding carboxylic acids is 1. The number of aromatic nitrogens is 1. The molecule has 1 aliphatic carbocycles. The van der Waals surface area contributed by atoms with Crippen LogP contribution in [0.3, 0.4) is 0 Å². The van der Waals surface area contributed by atoms with Gasteiger partial charge in [-0.05, 0) is 36.7 Å². The summed E-state index contributed by atoms with van der Waals surface area (Å²) >= 11 is 1.50. The Hall–Kier alpha value is -2.19. The molecule has 0 spiro atoms. The van der Waals surface area contributed by atoms with Crippen LogP contribution in [0.4, 0.5) is 5.13 Å². The molecular formula is C19H21N3OS. The number of nitrogens with zero attached hydrogens (tertiary/aromatic N) is 2. The van der Waals surface area contributed by atoms with Crippen molar-refractivity contribution in [3.8, 4) is 16.5 Å². The van der Waals surface area contributed by atoms with Gasteiger partial charge in [0.2, 0.25) is 5.91 Å². The van der Waals surface area contributed by atoms with Crippen LogP contribution in [0.1, 0.15) is 32.6 Å². The minimum absolute atomic E-state index is 0.0350. The van der Waals surface area contributed by atoms with E-state index >= 15 is 0 Å². The van der Waals surface area contributed by atoms with Crippen LogP contribution in [-0.4, -0.2) is 10.9 Å². The maximum Gasteiger partial charge on any atom is 0.229 e. The first-order chi connectivity index (χ1) is 11.7. The molecule has 0 radical (unpaired) electrons.